The van der Waals surface area contributed by atoms with Crippen molar-refractivity contribution in [2.75, 3.05) is 7.11 Å². The maximum atomic E-state index is 12.7. The summed E-state index contributed by atoms with van der Waals surface area (Å²) in [5.41, 5.74) is 4.31. The summed E-state index contributed by atoms with van der Waals surface area (Å²) in [5.74, 6) is 0.337. The fourth-order valence-corrected chi connectivity index (χ4v) is 5.50. The minimum Gasteiger partial charge on any atom is -0.508 e. The maximum Gasteiger partial charge on any atom is 0.137 e. The predicted molar refractivity (Wildman–Crippen MR) is 107 cm³/mol. The van der Waals surface area contributed by atoms with Crippen LogP contribution in [-0.4, -0.2) is 24.1 Å². The first-order chi connectivity index (χ1) is 12.9. The van der Waals surface area contributed by atoms with E-state index >= 15 is 0 Å². The molecule has 1 N–H and O–H groups in total. The van der Waals surface area contributed by atoms with E-state index in [1.165, 1.54) is 11.6 Å². The quantitative estimate of drug-likeness (QED) is 0.758. The minimum absolute atomic E-state index is 0.0261. The molecule has 4 heteroatoms. The SMILES string of the molecule is COC1CCC2(CC1)Cc1ccc(-c3cc(O)cc(Cl)c3)cc1C2C(C)=O. The molecule has 0 radical (unpaired) electrons. The molecule has 4 rings (SSSR count). The van der Waals surface area contributed by atoms with Gasteiger partial charge in [-0.25, -0.2) is 0 Å². The van der Waals surface area contributed by atoms with Crippen LogP contribution in [-0.2, 0) is 16.0 Å². The number of hydrogen-bond donors (Lipinski definition) is 1. The molecular weight excluding hydrogens is 360 g/mol. The van der Waals surface area contributed by atoms with Crippen molar-refractivity contribution in [2.24, 2.45) is 5.41 Å². The molecule has 2 aromatic carbocycles. The average molecular weight is 385 g/mol. The minimum atomic E-state index is -0.0574. The lowest BCUT2D eigenvalue weighted by Crippen LogP contribution is -2.36. The highest BCUT2D eigenvalue weighted by Gasteiger charge is 2.49. The summed E-state index contributed by atoms with van der Waals surface area (Å²) >= 11 is 6.11. The van der Waals surface area contributed by atoms with Crippen molar-refractivity contribution in [3.8, 4) is 16.9 Å². The molecule has 27 heavy (non-hydrogen) atoms. The first-order valence-corrected chi connectivity index (χ1v) is 9.96. The van der Waals surface area contributed by atoms with Crippen LogP contribution in [0.15, 0.2) is 36.4 Å². The second kappa shape index (κ2) is 6.96. The molecule has 0 bridgehead atoms. The highest BCUT2D eigenvalue weighted by molar-refractivity contribution is 6.31. The van der Waals surface area contributed by atoms with Crippen molar-refractivity contribution in [1.82, 2.24) is 0 Å². The number of ketones is 1. The zero-order valence-electron chi connectivity index (χ0n) is 15.8. The summed E-state index contributed by atoms with van der Waals surface area (Å²) in [6, 6.07) is 11.4. The second-order valence-electron chi connectivity index (χ2n) is 8.13. The summed E-state index contributed by atoms with van der Waals surface area (Å²) in [7, 11) is 1.78. The summed E-state index contributed by atoms with van der Waals surface area (Å²) in [5, 5.41) is 10.4. The van der Waals surface area contributed by atoms with Crippen LogP contribution < -0.4 is 0 Å². The van der Waals surface area contributed by atoms with Crippen molar-refractivity contribution < 1.29 is 14.6 Å². The van der Waals surface area contributed by atoms with Gasteiger partial charge in [-0.2, -0.15) is 0 Å². The smallest absolute Gasteiger partial charge is 0.137 e. The van der Waals surface area contributed by atoms with E-state index in [4.69, 9.17) is 16.3 Å². The van der Waals surface area contributed by atoms with Gasteiger partial charge in [0.2, 0.25) is 0 Å². The second-order valence-corrected chi connectivity index (χ2v) is 8.57. The van der Waals surface area contributed by atoms with Crippen molar-refractivity contribution in [2.45, 2.75) is 51.0 Å². The summed E-state index contributed by atoms with van der Waals surface area (Å²) in [4.78, 5) is 12.7. The van der Waals surface area contributed by atoms with Crippen LogP contribution in [0.25, 0.3) is 11.1 Å². The number of aromatic hydroxyl groups is 1. The molecule has 0 amide bonds. The molecular formula is C23H25ClO3. The number of rotatable bonds is 3. The third-order valence-electron chi connectivity index (χ3n) is 6.50. The summed E-state index contributed by atoms with van der Waals surface area (Å²) in [6.07, 6.45) is 5.36. The van der Waals surface area contributed by atoms with Crippen LogP contribution in [0.2, 0.25) is 5.02 Å². The average Bonchev–Trinajstić information content (AvgIpc) is 2.94. The third kappa shape index (κ3) is 3.28. The van der Waals surface area contributed by atoms with Gasteiger partial charge >= 0.3 is 0 Å². The van der Waals surface area contributed by atoms with E-state index in [9.17, 15) is 9.90 Å². The number of carbonyl (C=O) groups is 1. The predicted octanol–water partition coefficient (Wildman–Crippen LogP) is 5.52. The van der Waals surface area contributed by atoms with Gasteiger partial charge < -0.3 is 9.84 Å². The number of phenolic OH excluding ortho intramolecular Hbond substituents is 1. The Bertz CT molecular complexity index is 861. The molecule has 0 aliphatic heterocycles. The third-order valence-corrected chi connectivity index (χ3v) is 6.71. The zero-order valence-corrected chi connectivity index (χ0v) is 16.6. The van der Waals surface area contributed by atoms with Crippen LogP contribution in [0.5, 0.6) is 5.75 Å². The Labute approximate surface area is 165 Å². The Hall–Kier alpha value is -1.84. The number of Topliss-reactive ketones (excluding diaryl/α,β-unsaturated/α-hetero) is 1. The molecule has 0 heterocycles. The monoisotopic (exact) mass is 384 g/mol. The van der Waals surface area contributed by atoms with Gasteiger partial charge in [0.05, 0.1) is 6.10 Å². The van der Waals surface area contributed by atoms with Crippen LogP contribution in [0, 0.1) is 5.41 Å². The number of phenols is 1. The van der Waals surface area contributed by atoms with Gasteiger partial charge in [-0.3, -0.25) is 4.79 Å². The zero-order chi connectivity index (χ0) is 19.2. The van der Waals surface area contributed by atoms with E-state index < -0.39 is 0 Å². The molecule has 2 aromatic rings. The maximum absolute atomic E-state index is 12.7. The van der Waals surface area contributed by atoms with Gasteiger partial charge in [-0.15, -0.1) is 0 Å². The summed E-state index contributed by atoms with van der Waals surface area (Å²) in [6.45, 7) is 1.72. The lowest BCUT2D eigenvalue weighted by molar-refractivity contribution is -0.122. The summed E-state index contributed by atoms with van der Waals surface area (Å²) < 4.78 is 5.54. The number of carbonyl (C=O) groups excluding carboxylic acids is 1. The number of ether oxygens (including phenoxy) is 1. The molecule has 2 aliphatic rings. The van der Waals surface area contributed by atoms with Gasteiger partial charge in [0, 0.05) is 18.1 Å². The Morgan fingerprint density at radius 1 is 1.15 bits per heavy atom. The Balaban J connectivity index is 1.73. The number of fused-ring (bicyclic) bond motifs is 1. The molecule has 1 spiro atoms. The number of benzene rings is 2. The van der Waals surface area contributed by atoms with Crippen LogP contribution in [0.3, 0.4) is 0 Å². The largest absolute Gasteiger partial charge is 0.508 e. The van der Waals surface area contributed by atoms with Crippen molar-refractivity contribution in [3.05, 3.63) is 52.5 Å². The first-order valence-electron chi connectivity index (χ1n) is 9.58. The normalized spacial score (nSPS) is 26.9. The highest BCUT2D eigenvalue weighted by Crippen LogP contribution is 2.56. The van der Waals surface area contributed by atoms with Gasteiger partial charge in [0.25, 0.3) is 0 Å². The van der Waals surface area contributed by atoms with E-state index in [-0.39, 0.29) is 22.9 Å². The van der Waals surface area contributed by atoms with Crippen molar-refractivity contribution in [1.29, 1.82) is 0 Å². The molecule has 2 aliphatic carbocycles. The molecule has 1 atom stereocenters. The lowest BCUT2D eigenvalue weighted by Gasteiger charge is -2.40. The fourth-order valence-electron chi connectivity index (χ4n) is 5.27. The van der Waals surface area contributed by atoms with E-state index in [1.54, 1.807) is 20.1 Å². The van der Waals surface area contributed by atoms with E-state index in [0.717, 1.165) is 48.8 Å². The van der Waals surface area contributed by atoms with Crippen LogP contribution >= 0.6 is 11.6 Å². The number of methoxy groups -OCH3 is 1. The molecule has 0 saturated heterocycles. The first kappa shape index (κ1) is 18.5. The number of hydrogen-bond acceptors (Lipinski definition) is 3. The van der Waals surface area contributed by atoms with Crippen LogP contribution in [0.4, 0.5) is 0 Å². The Morgan fingerprint density at radius 3 is 2.52 bits per heavy atom. The van der Waals surface area contributed by atoms with Crippen molar-refractivity contribution in [3.63, 3.8) is 0 Å². The molecule has 1 unspecified atom stereocenters. The molecule has 3 nitrogen and oxygen atoms in total. The van der Waals surface area contributed by atoms with E-state index in [1.807, 2.05) is 6.07 Å². The van der Waals surface area contributed by atoms with E-state index in [0.29, 0.717) is 11.1 Å². The molecule has 1 fully saturated rings. The molecule has 142 valence electrons. The van der Waals surface area contributed by atoms with Crippen molar-refractivity contribution >= 4 is 17.4 Å². The topological polar surface area (TPSA) is 46.5 Å². The van der Waals surface area contributed by atoms with Gasteiger partial charge in [-0.1, -0.05) is 29.8 Å². The van der Waals surface area contributed by atoms with E-state index in [2.05, 4.69) is 18.2 Å². The highest BCUT2D eigenvalue weighted by atomic mass is 35.5. The molecule has 1 saturated carbocycles. The van der Waals surface area contributed by atoms with Gasteiger partial charge in [0.15, 0.2) is 0 Å². The Morgan fingerprint density at radius 2 is 1.89 bits per heavy atom. The molecule has 0 aromatic heterocycles. The lowest BCUT2D eigenvalue weighted by atomic mass is 9.64. The van der Waals surface area contributed by atoms with Crippen LogP contribution in [0.1, 0.15) is 49.7 Å². The van der Waals surface area contributed by atoms with Gasteiger partial charge in [0.1, 0.15) is 11.5 Å². The fraction of sp³-hybridized carbons (Fsp3) is 0.435. The Kier molecular flexibility index (Phi) is 4.77. The standard InChI is InChI=1S/C23H25ClO3/c1-14(25)22-21-11-15(17-9-18(24)12-19(26)10-17)3-4-16(21)13-23(22)7-5-20(27-2)6-8-23/h3-4,9-12,20,22,26H,5-8,13H2,1-2H3. The number of halogens is 1. The van der Waals surface area contributed by atoms with Gasteiger partial charge in [-0.05, 0) is 84.9 Å².